The van der Waals surface area contributed by atoms with Crippen molar-refractivity contribution < 1.29 is 14.2 Å². The van der Waals surface area contributed by atoms with E-state index in [0.717, 1.165) is 23.3 Å². The highest BCUT2D eigenvalue weighted by Gasteiger charge is 2.28. The van der Waals surface area contributed by atoms with Crippen molar-refractivity contribution in [2.24, 2.45) is 0 Å². The molecule has 1 unspecified atom stereocenters. The largest absolute Gasteiger partial charge is 0.493 e. The van der Waals surface area contributed by atoms with Gasteiger partial charge < -0.3 is 19.2 Å². The molecule has 1 aromatic carbocycles. The monoisotopic (exact) mass is 264 g/mol. The molecule has 19 heavy (non-hydrogen) atoms. The number of nitrogens with zero attached hydrogens (tertiary/aromatic N) is 1. The van der Waals surface area contributed by atoms with Crippen molar-refractivity contribution in [2.75, 3.05) is 21.3 Å². The molecule has 1 heterocycles. The van der Waals surface area contributed by atoms with Crippen LogP contribution in [0.15, 0.2) is 12.1 Å². The first-order valence-electron chi connectivity index (χ1n) is 6.25. The maximum Gasteiger partial charge on any atom is 0.163 e. The second kappa shape index (κ2) is 5.09. The zero-order valence-electron chi connectivity index (χ0n) is 12.0. The average molecular weight is 264 g/mol. The summed E-state index contributed by atoms with van der Waals surface area (Å²) in [5, 5.41) is 0. The molecule has 0 saturated carbocycles. The minimum absolute atomic E-state index is 0.417. The van der Waals surface area contributed by atoms with Gasteiger partial charge in [0, 0.05) is 19.2 Å². The molecule has 5 heteroatoms. The highest BCUT2D eigenvalue weighted by atomic mass is 16.5. The number of ether oxygens (including phenoxy) is 3. The Hall–Kier alpha value is -1.75. The van der Waals surface area contributed by atoms with Gasteiger partial charge >= 0.3 is 0 Å². The van der Waals surface area contributed by atoms with E-state index in [0.29, 0.717) is 11.5 Å². The smallest absolute Gasteiger partial charge is 0.163 e. The molecule has 0 aliphatic carbocycles. The van der Waals surface area contributed by atoms with Crippen LogP contribution >= 0.6 is 0 Å². The number of rotatable bonds is 5. The zero-order valence-corrected chi connectivity index (χ0v) is 12.0. The predicted octanol–water partition coefficient (Wildman–Crippen LogP) is 2.85. The van der Waals surface area contributed by atoms with Gasteiger partial charge in [0.05, 0.1) is 25.3 Å². The molecule has 0 radical (unpaired) electrons. The van der Waals surface area contributed by atoms with Crippen LogP contribution in [-0.2, 0) is 10.3 Å². The van der Waals surface area contributed by atoms with Gasteiger partial charge in [0.1, 0.15) is 11.4 Å². The number of hydrogen-bond acceptors (Lipinski definition) is 4. The minimum atomic E-state index is -0.417. The van der Waals surface area contributed by atoms with E-state index in [1.165, 1.54) is 0 Å². The number of fused-ring (bicyclic) bond motifs is 1. The van der Waals surface area contributed by atoms with Gasteiger partial charge in [-0.3, -0.25) is 0 Å². The van der Waals surface area contributed by atoms with Crippen LogP contribution in [0.5, 0.6) is 11.5 Å². The molecule has 1 aromatic heterocycles. The first-order chi connectivity index (χ1) is 9.07. The van der Waals surface area contributed by atoms with Crippen molar-refractivity contribution >= 4 is 11.0 Å². The Kier molecular flexibility index (Phi) is 3.66. The Morgan fingerprint density at radius 3 is 2.32 bits per heavy atom. The quantitative estimate of drug-likeness (QED) is 0.902. The molecule has 0 spiro atoms. The third kappa shape index (κ3) is 2.26. The lowest BCUT2D eigenvalue weighted by atomic mass is 10.0. The highest BCUT2D eigenvalue weighted by molar-refractivity contribution is 5.80. The van der Waals surface area contributed by atoms with Gasteiger partial charge in [-0.2, -0.15) is 0 Å². The predicted molar refractivity (Wildman–Crippen MR) is 73.8 cm³/mol. The summed E-state index contributed by atoms with van der Waals surface area (Å²) in [6.45, 7) is 4.08. The average Bonchev–Trinajstić information content (AvgIpc) is 2.87. The molecule has 0 bridgehead atoms. The zero-order chi connectivity index (χ0) is 14.0. The molecule has 0 aliphatic rings. The van der Waals surface area contributed by atoms with Gasteiger partial charge in [0.25, 0.3) is 0 Å². The van der Waals surface area contributed by atoms with Crippen molar-refractivity contribution in [1.82, 2.24) is 9.97 Å². The number of hydrogen-bond donors (Lipinski definition) is 1. The number of methoxy groups -OCH3 is 3. The fraction of sp³-hybridized carbons (Fsp3) is 0.500. The van der Waals surface area contributed by atoms with E-state index < -0.39 is 5.60 Å². The maximum absolute atomic E-state index is 5.56. The molecule has 0 saturated heterocycles. The second-order valence-corrected chi connectivity index (χ2v) is 4.60. The topological polar surface area (TPSA) is 56.4 Å². The summed E-state index contributed by atoms with van der Waals surface area (Å²) in [4.78, 5) is 7.89. The molecular formula is C14H20N2O3. The second-order valence-electron chi connectivity index (χ2n) is 4.60. The summed E-state index contributed by atoms with van der Waals surface area (Å²) in [5.41, 5.74) is 1.33. The molecule has 1 atom stereocenters. The van der Waals surface area contributed by atoms with Gasteiger partial charge in [-0.25, -0.2) is 4.98 Å². The third-order valence-corrected chi connectivity index (χ3v) is 3.61. The summed E-state index contributed by atoms with van der Waals surface area (Å²) < 4.78 is 16.1. The Bertz CT molecular complexity index is 532. The summed E-state index contributed by atoms with van der Waals surface area (Å²) in [6, 6.07) is 3.75. The van der Waals surface area contributed by atoms with Crippen LogP contribution in [0.2, 0.25) is 0 Å². The Balaban J connectivity index is 2.57. The van der Waals surface area contributed by atoms with Crippen molar-refractivity contribution in [3.05, 3.63) is 18.0 Å². The minimum Gasteiger partial charge on any atom is -0.493 e. The van der Waals surface area contributed by atoms with Crippen molar-refractivity contribution in [3.8, 4) is 11.5 Å². The number of aromatic amines is 1. The van der Waals surface area contributed by atoms with E-state index in [4.69, 9.17) is 14.2 Å². The SMILES string of the molecule is CCC(C)(OC)c1nc2cc(OC)c(OC)cc2[nH]1. The van der Waals surface area contributed by atoms with E-state index >= 15 is 0 Å². The van der Waals surface area contributed by atoms with Crippen LogP contribution in [0.1, 0.15) is 26.1 Å². The van der Waals surface area contributed by atoms with Gasteiger partial charge in [0.15, 0.2) is 11.5 Å². The first-order valence-corrected chi connectivity index (χ1v) is 6.25. The molecule has 1 N–H and O–H groups in total. The normalized spacial score (nSPS) is 14.4. The third-order valence-electron chi connectivity index (χ3n) is 3.61. The van der Waals surface area contributed by atoms with Gasteiger partial charge in [-0.1, -0.05) is 6.92 Å². The lowest BCUT2D eigenvalue weighted by Crippen LogP contribution is -2.24. The number of aromatic nitrogens is 2. The molecule has 2 rings (SSSR count). The molecule has 0 fully saturated rings. The maximum atomic E-state index is 5.56. The summed E-state index contributed by atoms with van der Waals surface area (Å²) in [5.74, 6) is 2.16. The highest BCUT2D eigenvalue weighted by Crippen LogP contribution is 2.33. The number of H-pyrrole nitrogens is 1. The number of nitrogens with one attached hydrogen (secondary N) is 1. The van der Waals surface area contributed by atoms with E-state index in [2.05, 4.69) is 16.9 Å². The molecule has 0 aliphatic heterocycles. The summed E-state index contributed by atoms with van der Waals surface area (Å²) in [6.07, 6.45) is 0.831. The summed E-state index contributed by atoms with van der Waals surface area (Å²) in [7, 11) is 4.92. The van der Waals surface area contributed by atoms with Crippen LogP contribution < -0.4 is 9.47 Å². The molecular weight excluding hydrogens is 244 g/mol. The number of imidazole rings is 1. The Morgan fingerprint density at radius 2 is 1.79 bits per heavy atom. The van der Waals surface area contributed by atoms with Crippen LogP contribution in [0, 0.1) is 0 Å². The van der Waals surface area contributed by atoms with Gasteiger partial charge in [0.2, 0.25) is 0 Å². The lowest BCUT2D eigenvalue weighted by Gasteiger charge is -2.23. The fourth-order valence-electron chi connectivity index (χ4n) is 2.00. The van der Waals surface area contributed by atoms with E-state index in [9.17, 15) is 0 Å². The lowest BCUT2D eigenvalue weighted by molar-refractivity contribution is -0.00803. The van der Waals surface area contributed by atoms with E-state index in [1.54, 1.807) is 21.3 Å². The number of benzene rings is 1. The van der Waals surface area contributed by atoms with Crippen LogP contribution in [0.25, 0.3) is 11.0 Å². The van der Waals surface area contributed by atoms with Crippen molar-refractivity contribution in [1.29, 1.82) is 0 Å². The standard InChI is InChI=1S/C14H20N2O3/c1-6-14(2,19-5)13-15-9-7-11(17-3)12(18-4)8-10(9)16-13/h7-8H,6H2,1-5H3,(H,15,16). The molecule has 0 amide bonds. The van der Waals surface area contributed by atoms with Crippen LogP contribution in [0.3, 0.4) is 0 Å². The molecule has 5 nitrogen and oxygen atoms in total. The van der Waals surface area contributed by atoms with Crippen molar-refractivity contribution in [3.63, 3.8) is 0 Å². The molecule has 104 valence electrons. The van der Waals surface area contributed by atoms with Crippen LogP contribution in [0.4, 0.5) is 0 Å². The summed E-state index contributed by atoms with van der Waals surface area (Å²) >= 11 is 0. The first kappa shape index (κ1) is 13.7. The Morgan fingerprint density at radius 1 is 1.16 bits per heavy atom. The van der Waals surface area contributed by atoms with Crippen LogP contribution in [-0.4, -0.2) is 31.3 Å². The molecule has 2 aromatic rings. The van der Waals surface area contributed by atoms with E-state index in [1.807, 2.05) is 19.1 Å². The van der Waals surface area contributed by atoms with Crippen molar-refractivity contribution in [2.45, 2.75) is 25.9 Å². The van der Waals surface area contributed by atoms with Gasteiger partial charge in [-0.15, -0.1) is 0 Å². The van der Waals surface area contributed by atoms with Gasteiger partial charge in [-0.05, 0) is 13.3 Å². The van der Waals surface area contributed by atoms with E-state index in [-0.39, 0.29) is 0 Å². The Labute approximate surface area is 112 Å². The fourth-order valence-corrected chi connectivity index (χ4v) is 2.00.